The fourth-order valence-electron chi connectivity index (χ4n) is 6.19. The molecule has 0 saturated carbocycles. The molecular weight excluding hydrogens is 622 g/mol. The van der Waals surface area contributed by atoms with Crippen LogP contribution in [0.5, 0.6) is 0 Å². The molecule has 5 amide bonds. The summed E-state index contributed by atoms with van der Waals surface area (Å²) in [4.78, 5) is 69.0. The van der Waals surface area contributed by atoms with E-state index in [1.165, 1.54) is 0 Å². The second-order valence-corrected chi connectivity index (χ2v) is 11.8. The fraction of sp³-hybridized carbons (Fsp3) is 0.211. The molecule has 3 heterocycles. The van der Waals surface area contributed by atoms with Crippen molar-refractivity contribution in [2.24, 2.45) is 4.99 Å². The quantitative estimate of drug-likeness (QED) is 0.129. The summed E-state index contributed by atoms with van der Waals surface area (Å²) in [5.74, 6) is -1.44. The van der Waals surface area contributed by atoms with Crippen LogP contribution in [0.1, 0.15) is 69.8 Å². The summed E-state index contributed by atoms with van der Waals surface area (Å²) < 4.78 is 6.15. The maximum atomic E-state index is 13.5. The lowest BCUT2D eigenvalue weighted by molar-refractivity contribution is -0.128. The Hall–Kier alpha value is -6.10. The van der Waals surface area contributed by atoms with Crippen LogP contribution < -0.4 is 16.0 Å². The number of imide groups is 2. The predicted molar refractivity (Wildman–Crippen MR) is 185 cm³/mol. The Labute approximate surface area is 282 Å². The van der Waals surface area contributed by atoms with Crippen molar-refractivity contribution in [3.63, 3.8) is 0 Å². The van der Waals surface area contributed by atoms with Crippen LogP contribution >= 0.6 is 0 Å². The summed E-state index contributed by atoms with van der Waals surface area (Å²) in [5, 5.41) is 9.44. The number of anilines is 1. The van der Waals surface area contributed by atoms with Crippen molar-refractivity contribution in [1.82, 2.24) is 15.5 Å². The zero-order valence-corrected chi connectivity index (χ0v) is 26.8. The fourth-order valence-corrected chi connectivity index (χ4v) is 6.19. The third kappa shape index (κ3) is 7.10. The standard InChI is InChI=1S/C38H35N5O6/c1-2-8-30(36(46)41-23-44)43-37(47)28-13-6-14-29(34(28)38(43)48)40-22-25-10-5-9-24(19-25)20-33(45)42-35(26-12-7-17-39-18-16-26)32-21-27-11-3-4-15-31(27)49-32/h3-7,9-15,17-19,21,23,30,35,40H,2,8,16,20,22H2,1H3,(H,42,45)(H,41,44,46). The van der Waals surface area contributed by atoms with Crippen molar-refractivity contribution in [2.75, 3.05) is 5.32 Å². The third-order valence-corrected chi connectivity index (χ3v) is 8.48. The molecule has 2 aliphatic heterocycles. The van der Waals surface area contributed by atoms with Crippen LogP contribution in [0.4, 0.5) is 5.69 Å². The Kier molecular flexibility index (Phi) is 9.89. The number of hydrogen-bond donors (Lipinski definition) is 3. The van der Waals surface area contributed by atoms with Crippen LogP contribution in [0.3, 0.4) is 0 Å². The summed E-state index contributed by atoms with van der Waals surface area (Å²) in [7, 11) is 0. The summed E-state index contributed by atoms with van der Waals surface area (Å²) in [5.41, 5.74) is 4.12. The molecule has 0 spiro atoms. The van der Waals surface area contributed by atoms with Crippen molar-refractivity contribution in [1.29, 1.82) is 0 Å². The Morgan fingerprint density at radius 2 is 1.82 bits per heavy atom. The maximum absolute atomic E-state index is 13.5. The van der Waals surface area contributed by atoms with Gasteiger partial charge in [-0.05, 0) is 53.5 Å². The second kappa shape index (κ2) is 14.8. The molecule has 6 rings (SSSR count). The van der Waals surface area contributed by atoms with Crippen LogP contribution in [0.2, 0.25) is 0 Å². The number of carbonyl (C=O) groups is 5. The number of carbonyl (C=O) groups excluding carboxylic acids is 5. The smallest absolute Gasteiger partial charge is 0.264 e. The summed E-state index contributed by atoms with van der Waals surface area (Å²) in [6.45, 7) is 2.13. The number of nitrogens with zero attached hydrogens (tertiary/aromatic N) is 2. The number of nitrogens with one attached hydrogen (secondary N) is 3. The zero-order valence-electron chi connectivity index (χ0n) is 26.8. The molecule has 3 aromatic carbocycles. The number of benzene rings is 3. The van der Waals surface area contributed by atoms with Crippen LogP contribution in [0.25, 0.3) is 11.0 Å². The summed E-state index contributed by atoms with van der Waals surface area (Å²) >= 11 is 0. The lowest BCUT2D eigenvalue weighted by Gasteiger charge is -2.24. The molecule has 4 aromatic rings. The van der Waals surface area contributed by atoms with Gasteiger partial charge in [-0.15, -0.1) is 0 Å². The molecule has 2 atom stereocenters. The molecule has 49 heavy (non-hydrogen) atoms. The van der Waals surface area contributed by atoms with Crippen molar-refractivity contribution in [3.05, 3.63) is 125 Å². The van der Waals surface area contributed by atoms with E-state index >= 15 is 0 Å². The molecule has 11 nitrogen and oxygen atoms in total. The van der Waals surface area contributed by atoms with E-state index in [1.807, 2.05) is 73.7 Å². The molecule has 2 aliphatic rings. The number of aliphatic imine (C=N–C) groups is 1. The number of para-hydroxylation sites is 1. The van der Waals surface area contributed by atoms with Gasteiger partial charge in [0.15, 0.2) is 0 Å². The van der Waals surface area contributed by atoms with Gasteiger partial charge < -0.3 is 15.1 Å². The van der Waals surface area contributed by atoms with Gasteiger partial charge in [-0.1, -0.05) is 68.0 Å². The van der Waals surface area contributed by atoms with E-state index < -0.39 is 29.8 Å². The third-order valence-electron chi connectivity index (χ3n) is 8.48. The average Bonchev–Trinajstić information content (AvgIpc) is 3.50. The van der Waals surface area contributed by atoms with Gasteiger partial charge in [0.1, 0.15) is 23.4 Å². The molecule has 2 unspecified atom stereocenters. The summed E-state index contributed by atoms with van der Waals surface area (Å²) in [6.07, 6.45) is 8.94. The molecule has 0 aliphatic carbocycles. The topological polar surface area (TPSA) is 150 Å². The van der Waals surface area contributed by atoms with Gasteiger partial charge in [0, 0.05) is 36.5 Å². The lowest BCUT2D eigenvalue weighted by atomic mass is 10.00. The van der Waals surface area contributed by atoms with E-state index in [1.54, 1.807) is 30.6 Å². The molecule has 3 N–H and O–H groups in total. The molecular formula is C38H35N5O6. The highest BCUT2D eigenvalue weighted by Gasteiger charge is 2.43. The number of furan rings is 1. The van der Waals surface area contributed by atoms with Crippen LogP contribution in [-0.4, -0.2) is 47.2 Å². The number of fused-ring (bicyclic) bond motifs is 2. The molecule has 11 heteroatoms. The largest absolute Gasteiger partial charge is 0.459 e. The van der Waals surface area contributed by atoms with E-state index in [2.05, 4.69) is 20.9 Å². The van der Waals surface area contributed by atoms with Gasteiger partial charge in [0.2, 0.25) is 18.2 Å². The van der Waals surface area contributed by atoms with Gasteiger partial charge >= 0.3 is 0 Å². The molecule has 1 aromatic heterocycles. The van der Waals surface area contributed by atoms with E-state index in [4.69, 9.17) is 4.42 Å². The van der Waals surface area contributed by atoms with Gasteiger partial charge in [-0.3, -0.25) is 39.2 Å². The molecule has 0 saturated heterocycles. The minimum Gasteiger partial charge on any atom is -0.459 e. The zero-order chi connectivity index (χ0) is 34.3. The Balaban J connectivity index is 1.16. The second-order valence-electron chi connectivity index (χ2n) is 11.8. The van der Waals surface area contributed by atoms with Crippen molar-refractivity contribution in [2.45, 2.75) is 51.2 Å². The van der Waals surface area contributed by atoms with Gasteiger partial charge in [-0.25, -0.2) is 0 Å². The van der Waals surface area contributed by atoms with E-state index in [0.29, 0.717) is 30.8 Å². The number of rotatable bonds is 13. The van der Waals surface area contributed by atoms with Crippen LogP contribution in [0, 0.1) is 0 Å². The highest BCUT2D eigenvalue weighted by atomic mass is 16.3. The minimum absolute atomic E-state index is 0.117. The van der Waals surface area contributed by atoms with Gasteiger partial charge in [0.05, 0.1) is 17.5 Å². The number of amides is 5. The van der Waals surface area contributed by atoms with E-state index in [9.17, 15) is 24.0 Å². The van der Waals surface area contributed by atoms with Crippen LogP contribution in [-0.2, 0) is 27.3 Å². The molecule has 0 bridgehead atoms. The monoisotopic (exact) mass is 657 g/mol. The average molecular weight is 658 g/mol. The molecule has 248 valence electrons. The highest BCUT2D eigenvalue weighted by molar-refractivity contribution is 6.25. The Bertz CT molecular complexity index is 1990. The SMILES string of the molecule is CCCC(C(=O)NC=O)N1C(=O)c2cccc(NCc3cccc(CC(=O)NC(C4=CC=CN=CC4)c4cc5ccccc5o4)c3)c2C1=O. The van der Waals surface area contributed by atoms with Crippen LogP contribution in [0.15, 0.2) is 106 Å². The lowest BCUT2D eigenvalue weighted by Crippen LogP contribution is -2.49. The van der Waals surface area contributed by atoms with E-state index in [-0.39, 0.29) is 36.3 Å². The maximum Gasteiger partial charge on any atom is 0.264 e. The number of hydrogen-bond acceptors (Lipinski definition) is 8. The van der Waals surface area contributed by atoms with Crippen molar-refractivity contribution < 1.29 is 28.4 Å². The molecule has 0 radical (unpaired) electrons. The summed E-state index contributed by atoms with van der Waals surface area (Å²) in [6, 6.07) is 20.5. The number of allylic oxidation sites excluding steroid dienone is 2. The first-order valence-corrected chi connectivity index (χ1v) is 16.1. The Morgan fingerprint density at radius 1 is 1.00 bits per heavy atom. The first-order chi connectivity index (χ1) is 23.9. The van der Waals surface area contributed by atoms with E-state index in [0.717, 1.165) is 32.6 Å². The van der Waals surface area contributed by atoms with Gasteiger partial charge in [-0.2, -0.15) is 0 Å². The first-order valence-electron chi connectivity index (χ1n) is 16.1. The Morgan fingerprint density at radius 3 is 2.63 bits per heavy atom. The first kappa shape index (κ1) is 32.8. The van der Waals surface area contributed by atoms with Gasteiger partial charge in [0.25, 0.3) is 11.8 Å². The molecule has 0 fully saturated rings. The highest BCUT2D eigenvalue weighted by Crippen LogP contribution is 2.33. The minimum atomic E-state index is -1.10. The normalized spacial score (nSPS) is 15.0. The van der Waals surface area contributed by atoms with Crippen molar-refractivity contribution in [3.8, 4) is 0 Å². The predicted octanol–water partition coefficient (Wildman–Crippen LogP) is 5.40. The van der Waals surface area contributed by atoms with Crippen molar-refractivity contribution >= 4 is 52.9 Å².